The summed E-state index contributed by atoms with van der Waals surface area (Å²) in [4.78, 5) is 6.66. The maximum atomic E-state index is 5.64. The molecule has 0 saturated carbocycles. The smallest absolute Gasteiger partial charge is 0.245 e. The van der Waals surface area contributed by atoms with Crippen molar-refractivity contribution in [3.8, 4) is 0 Å². The summed E-state index contributed by atoms with van der Waals surface area (Å²) in [6.45, 7) is 4.82. The molecular weight excluding hydrogens is 230 g/mol. The molecule has 2 N–H and O–H groups in total. The molecule has 3 rings (SSSR count). The van der Waals surface area contributed by atoms with Crippen LogP contribution in [0.4, 0.5) is 5.95 Å². The normalized spacial score (nSPS) is 20.6. The molecule has 6 nitrogen and oxygen atoms in total. The van der Waals surface area contributed by atoms with Gasteiger partial charge in [-0.25, -0.2) is 4.52 Å². The monoisotopic (exact) mass is 247 g/mol. The predicted octanol–water partition coefficient (Wildman–Crippen LogP) is 0.202. The van der Waals surface area contributed by atoms with Gasteiger partial charge in [0.25, 0.3) is 0 Å². The van der Waals surface area contributed by atoms with Crippen molar-refractivity contribution in [2.45, 2.75) is 13.0 Å². The quantitative estimate of drug-likeness (QED) is 0.821. The fraction of sp³-hybridized carbons (Fsp3) is 0.500. The van der Waals surface area contributed by atoms with Gasteiger partial charge in [-0.05, 0) is 18.6 Å². The average Bonchev–Trinajstić information content (AvgIpc) is 2.81. The molecule has 1 saturated heterocycles. The summed E-state index contributed by atoms with van der Waals surface area (Å²) in [6.07, 6.45) is 2.05. The zero-order chi connectivity index (χ0) is 12.5. The summed E-state index contributed by atoms with van der Waals surface area (Å²) in [6, 6.07) is 4.02. The molecule has 1 aliphatic heterocycles. The van der Waals surface area contributed by atoms with Crippen molar-refractivity contribution in [1.29, 1.82) is 0 Å². The van der Waals surface area contributed by atoms with E-state index in [0.29, 0.717) is 13.2 Å². The zero-order valence-corrected chi connectivity index (χ0v) is 10.4. The molecular formula is C12H17N5O. The van der Waals surface area contributed by atoms with E-state index in [1.165, 1.54) is 5.56 Å². The second kappa shape index (κ2) is 4.55. The Bertz CT molecular complexity index is 552. The standard InChI is InChI=1S/C12H17N5O/c1-9-2-3-11-14-12(15-17(11)7-9)16-4-5-18-10(6-13)8-16/h2-3,7,10H,4-6,8,13H2,1H3. The number of nitrogens with zero attached hydrogens (tertiary/aromatic N) is 4. The van der Waals surface area contributed by atoms with Crippen LogP contribution in [0.2, 0.25) is 0 Å². The minimum absolute atomic E-state index is 0.0760. The number of aryl methyl sites for hydroxylation is 1. The highest BCUT2D eigenvalue weighted by atomic mass is 16.5. The van der Waals surface area contributed by atoms with Crippen LogP contribution >= 0.6 is 0 Å². The molecule has 6 heteroatoms. The molecule has 0 aromatic carbocycles. The second-order valence-electron chi connectivity index (χ2n) is 4.60. The van der Waals surface area contributed by atoms with Gasteiger partial charge in [0.1, 0.15) is 0 Å². The number of nitrogens with two attached hydrogens (primary N) is 1. The molecule has 3 heterocycles. The molecule has 0 bridgehead atoms. The second-order valence-corrected chi connectivity index (χ2v) is 4.60. The molecule has 0 spiro atoms. The van der Waals surface area contributed by atoms with Crippen LogP contribution in [0.5, 0.6) is 0 Å². The lowest BCUT2D eigenvalue weighted by molar-refractivity contribution is 0.0460. The van der Waals surface area contributed by atoms with E-state index in [1.807, 2.05) is 29.8 Å². The Morgan fingerprint density at radius 2 is 2.39 bits per heavy atom. The van der Waals surface area contributed by atoms with Gasteiger partial charge in [0.2, 0.25) is 5.95 Å². The third-order valence-electron chi connectivity index (χ3n) is 3.15. The fourth-order valence-corrected chi connectivity index (χ4v) is 2.15. The van der Waals surface area contributed by atoms with Crippen molar-refractivity contribution in [3.05, 3.63) is 23.9 Å². The predicted molar refractivity (Wildman–Crippen MR) is 68.7 cm³/mol. The fourth-order valence-electron chi connectivity index (χ4n) is 2.15. The summed E-state index contributed by atoms with van der Waals surface area (Å²) in [7, 11) is 0. The van der Waals surface area contributed by atoms with Crippen LogP contribution in [0.1, 0.15) is 5.56 Å². The molecule has 1 aliphatic rings. The lowest BCUT2D eigenvalue weighted by Gasteiger charge is -2.31. The van der Waals surface area contributed by atoms with Crippen molar-refractivity contribution in [1.82, 2.24) is 14.6 Å². The molecule has 0 amide bonds. The van der Waals surface area contributed by atoms with E-state index < -0.39 is 0 Å². The molecule has 96 valence electrons. The average molecular weight is 247 g/mol. The molecule has 0 radical (unpaired) electrons. The highest BCUT2D eigenvalue weighted by Crippen LogP contribution is 2.15. The summed E-state index contributed by atoms with van der Waals surface area (Å²) < 4.78 is 7.36. The van der Waals surface area contributed by atoms with Gasteiger partial charge in [-0.3, -0.25) is 0 Å². The van der Waals surface area contributed by atoms with Crippen LogP contribution in [-0.2, 0) is 4.74 Å². The van der Waals surface area contributed by atoms with Crippen LogP contribution in [-0.4, -0.2) is 46.9 Å². The minimum atomic E-state index is 0.0760. The van der Waals surface area contributed by atoms with Crippen molar-refractivity contribution >= 4 is 11.6 Å². The first-order chi connectivity index (χ1) is 8.76. The number of rotatable bonds is 2. The van der Waals surface area contributed by atoms with Gasteiger partial charge in [-0.2, -0.15) is 4.98 Å². The highest BCUT2D eigenvalue weighted by molar-refractivity contribution is 5.45. The van der Waals surface area contributed by atoms with Gasteiger partial charge in [0, 0.05) is 25.8 Å². The Morgan fingerprint density at radius 3 is 3.22 bits per heavy atom. The number of fused-ring (bicyclic) bond motifs is 1. The zero-order valence-electron chi connectivity index (χ0n) is 10.4. The van der Waals surface area contributed by atoms with Gasteiger partial charge in [0.05, 0.1) is 12.7 Å². The first-order valence-electron chi connectivity index (χ1n) is 6.16. The maximum absolute atomic E-state index is 5.64. The van der Waals surface area contributed by atoms with Gasteiger partial charge in [0.15, 0.2) is 5.65 Å². The lowest BCUT2D eigenvalue weighted by atomic mass is 10.3. The first kappa shape index (κ1) is 11.4. The SMILES string of the molecule is Cc1ccc2nc(N3CCOC(CN)C3)nn2c1. The molecule has 18 heavy (non-hydrogen) atoms. The van der Waals surface area contributed by atoms with Crippen LogP contribution < -0.4 is 10.6 Å². The number of anilines is 1. The van der Waals surface area contributed by atoms with Crippen molar-refractivity contribution in [2.75, 3.05) is 31.1 Å². The van der Waals surface area contributed by atoms with Crippen molar-refractivity contribution in [3.63, 3.8) is 0 Å². The van der Waals surface area contributed by atoms with E-state index in [4.69, 9.17) is 10.5 Å². The summed E-state index contributed by atoms with van der Waals surface area (Å²) in [5.41, 5.74) is 7.68. The van der Waals surface area contributed by atoms with E-state index in [9.17, 15) is 0 Å². The number of ether oxygens (including phenoxy) is 1. The van der Waals surface area contributed by atoms with Gasteiger partial charge in [-0.1, -0.05) is 6.07 Å². The maximum Gasteiger partial charge on any atom is 0.245 e. The topological polar surface area (TPSA) is 68.7 Å². The van der Waals surface area contributed by atoms with Gasteiger partial charge < -0.3 is 15.4 Å². The van der Waals surface area contributed by atoms with Crippen LogP contribution in [0.25, 0.3) is 5.65 Å². The molecule has 2 aromatic heterocycles. The van der Waals surface area contributed by atoms with Crippen molar-refractivity contribution in [2.24, 2.45) is 5.73 Å². The molecule has 1 unspecified atom stereocenters. The molecule has 1 fully saturated rings. The summed E-state index contributed by atoms with van der Waals surface area (Å²) in [5, 5.41) is 4.50. The lowest BCUT2D eigenvalue weighted by Crippen LogP contribution is -2.46. The Labute approximate surface area is 105 Å². The van der Waals surface area contributed by atoms with Crippen molar-refractivity contribution < 1.29 is 4.74 Å². The Kier molecular flexibility index (Phi) is 2.89. The third-order valence-corrected chi connectivity index (χ3v) is 3.15. The van der Waals surface area contributed by atoms with E-state index in [0.717, 1.165) is 24.7 Å². The largest absolute Gasteiger partial charge is 0.373 e. The Hall–Kier alpha value is -1.66. The number of hydrogen-bond donors (Lipinski definition) is 1. The third kappa shape index (κ3) is 2.04. The number of aromatic nitrogens is 3. The Balaban J connectivity index is 1.89. The molecule has 1 atom stereocenters. The van der Waals surface area contributed by atoms with Crippen LogP contribution in [0, 0.1) is 6.92 Å². The van der Waals surface area contributed by atoms with E-state index in [2.05, 4.69) is 15.0 Å². The Morgan fingerprint density at radius 1 is 1.50 bits per heavy atom. The molecule has 2 aromatic rings. The minimum Gasteiger partial charge on any atom is -0.373 e. The van der Waals surface area contributed by atoms with E-state index in [1.54, 1.807) is 0 Å². The number of morpholine rings is 1. The molecule has 0 aliphatic carbocycles. The first-order valence-corrected chi connectivity index (χ1v) is 6.16. The van der Waals surface area contributed by atoms with E-state index >= 15 is 0 Å². The van der Waals surface area contributed by atoms with E-state index in [-0.39, 0.29) is 6.10 Å². The van der Waals surface area contributed by atoms with Crippen LogP contribution in [0.15, 0.2) is 18.3 Å². The van der Waals surface area contributed by atoms with Gasteiger partial charge in [-0.15, -0.1) is 5.10 Å². The summed E-state index contributed by atoms with van der Waals surface area (Å²) in [5.74, 6) is 0.752. The summed E-state index contributed by atoms with van der Waals surface area (Å²) >= 11 is 0. The number of hydrogen-bond acceptors (Lipinski definition) is 5. The van der Waals surface area contributed by atoms with Crippen LogP contribution in [0.3, 0.4) is 0 Å². The van der Waals surface area contributed by atoms with Gasteiger partial charge >= 0.3 is 0 Å². The highest BCUT2D eigenvalue weighted by Gasteiger charge is 2.22. The number of pyridine rings is 1.